The van der Waals surface area contributed by atoms with Gasteiger partial charge in [-0.25, -0.2) is 13.2 Å². The number of hydrogen-bond acceptors (Lipinski definition) is 5. The van der Waals surface area contributed by atoms with E-state index in [-0.39, 0.29) is 10.6 Å². The summed E-state index contributed by atoms with van der Waals surface area (Å²) in [6.07, 6.45) is 0. The molecular weight excluding hydrogens is 442 g/mol. The molecule has 4 rings (SSSR count). The number of rotatable bonds is 6. The molecule has 0 saturated carbocycles. The zero-order valence-electron chi connectivity index (χ0n) is 18.2. The molecule has 1 saturated heterocycles. The van der Waals surface area contributed by atoms with Crippen LogP contribution in [0.1, 0.15) is 19.4 Å². The second-order valence-corrected chi connectivity index (χ2v) is 10.3. The third-order valence-corrected chi connectivity index (χ3v) is 7.53. The molecule has 0 bridgehead atoms. The van der Waals surface area contributed by atoms with Gasteiger partial charge in [-0.1, -0.05) is 43.3 Å². The summed E-state index contributed by atoms with van der Waals surface area (Å²) in [6.45, 7) is 2.69. The molecule has 3 aromatic rings. The van der Waals surface area contributed by atoms with Crippen LogP contribution in [0.5, 0.6) is 0 Å². The van der Waals surface area contributed by atoms with Crippen LogP contribution in [0, 0.1) is 0 Å². The third kappa shape index (κ3) is 4.19. The average molecular weight is 466 g/mol. The molecule has 1 atom stereocenters. The number of benzene rings is 3. The molecule has 170 valence electrons. The normalized spacial score (nSPS) is 18.4. The highest BCUT2D eigenvalue weighted by atomic mass is 32.2. The molecule has 1 fully saturated rings. The minimum atomic E-state index is -3.35. The second-order valence-electron chi connectivity index (χ2n) is 7.98. The first-order chi connectivity index (χ1) is 15.6. The van der Waals surface area contributed by atoms with Gasteiger partial charge in [0.2, 0.25) is 5.91 Å². The number of nitrogens with zero attached hydrogens (tertiary/aromatic N) is 1. The first-order valence-electron chi connectivity index (χ1n) is 10.4. The second kappa shape index (κ2) is 8.32. The summed E-state index contributed by atoms with van der Waals surface area (Å²) in [6, 6.07) is 18.3. The van der Waals surface area contributed by atoms with Crippen molar-refractivity contribution in [1.29, 1.82) is 0 Å². The average Bonchev–Trinajstić information content (AvgIpc) is 3.03. The fourth-order valence-electron chi connectivity index (χ4n) is 3.79. The summed E-state index contributed by atoms with van der Waals surface area (Å²) in [5.41, 5.74) is -0.313. The summed E-state index contributed by atoms with van der Waals surface area (Å²) >= 11 is 0. The van der Waals surface area contributed by atoms with Gasteiger partial charge in [-0.2, -0.15) is 0 Å². The predicted molar refractivity (Wildman–Crippen MR) is 124 cm³/mol. The van der Waals surface area contributed by atoms with E-state index >= 15 is 0 Å². The van der Waals surface area contributed by atoms with E-state index in [2.05, 4.69) is 10.6 Å². The summed E-state index contributed by atoms with van der Waals surface area (Å²) < 4.78 is 23.8. The van der Waals surface area contributed by atoms with E-state index in [0.717, 1.165) is 15.7 Å². The molecular formula is C24H23N3O5S. The van der Waals surface area contributed by atoms with Gasteiger partial charge in [0.15, 0.2) is 9.84 Å². The molecule has 9 heteroatoms. The lowest BCUT2D eigenvalue weighted by Crippen LogP contribution is -2.42. The van der Waals surface area contributed by atoms with Gasteiger partial charge in [-0.05, 0) is 53.6 Å². The van der Waals surface area contributed by atoms with Crippen LogP contribution >= 0.6 is 0 Å². The molecule has 0 aliphatic carbocycles. The van der Waals surface area contributed by atoms with Crippen molar-refractivity contribution >= 4 is 44.1 Å². The quantitative estimate of drug-likeness (QED) is 0.544. The van der Waals surface area contributed by atoms with E-state index in [1.54, 1.807) is 19.9 Å². The molecule has 0 spiro atoms. The Hall–Kier alpha value is -3.72. The van der Waals surface area contributed by atoms with Crippen molar-refractivity contribution in [1.82, 2.24) is 10.2 Å². The number of urea groups is 1. The standard InChI is InChI=1S/C24H23N3O5S/c1-3-33(31,32)20-12-10-19(11-13-20)25-21(28)15-27-22(29)24(2,26-23(27)30)18-9-8-16-6-4-5-7-17(16)14-18/h4-14H,3,15H2,1-2H3,(H,25,28)(H,26,30)/t24-/m1/s1. The van der Waals surface area contributed by atoms with Crippen LogP contribution in [0.25, 0.3) is 10.8 Å². The minimum Gasteiger partial charge on any atom is -0.325 e. The van der Waals surface area contributed by atoms with Crippen molar-refractivity contribution < 1.29 is 22.8 Å². The van der Waals surface area contributed by atoms with Gasteiger partial charge in [-0.3, -0.25) is 14.5 Å². The Morgan fingerprint density at radius 3 is 2.33 bits per heavy atom. The monoisotopic (exact) mass is 465 g/mol. The lowest BCUT2D eigenvalue weighted by molar-refractivity contribution is -0.133. The van der Waals surface area contributed by atoms with E-state index in [4.69, 9.17) is 0 Å². The number of carbonyl (C=O) groups excluding carboxylic acids is 3. The maximum atomic E-state index is 13.1. The highest BCUT2D eigenvalue weighted by Gasteiger charge is 2.49. The molecule has 2 N–H and O–H groups in total. The van der Waals surface area contributed by atoms with E-state index in [0.29, 0.717) is 11.3 Å². The van der Waals surface area contributed by atoms with Crippen molar-refractivity contribution in [2.75, 3.05) is 17.6 Å². The zero-order chi connectivity index (χ0) is 23.8. The maximum absolute atomic E-state index is 13.1. The highest BCUT2D eigenvalue weighted by molar-refractivity contribution is 7.91. The third-order valence-electron chi connectivity index (χ3n) is 5.78. The number of nitrogens with one attached hydrogen (secondary N) is 2. The lowest BCUT2D eigenvalue weighted by Gasteiger charge is -2.22. The van der Waals surface area contributed by atoms with Crippen molar-refractivity contribution in [3.05, 3.63) is 72.3 Å². The topological polar surface area (TPSA) is 113 Å². The van der Waals surface area contributed by atoms with Gasteiger partial charge in [0.1, 0.15) is 12.1 Å². The van der Waals surface area contributed by atoms with Crippen LogP contribution in [0.2, 0.25) is 0 Å². The first kappa shape index (κ1) is 22.5. The summed E-state index contributed by atoms with van der Waals surface area (Å²) in [4.78, 5) is 39.3. The van der Waals surface area contributed by atoms with Gasteiger partial charge >= 0.3 is 6.03 Å². The van der Waals surface area contributed by atoms with Crippen LogP contribution in [-0.2, 0) is 25.0 Å². The molecule has 3 aromatic carbocycles. The number of anilines is 1. The van der Waals surface area contributed by atoms with Crippen molar-refractivity contribution in [2.45, 2.75) is 24.3 Å². The molecule has 8 nitrogen and oxygen atoms in total. The number of fused-ring (bicyclic) bond motifs is 1. The van der Waals surface area contributed by atoms with Gasteiger partial charge in [0, 0.05) is 5.69 Å². The van der Waals surface area contributed by atoms with Crippen LogP contribution < -0.4 is 10.6 Å². The number of imide groups is 1. The molecule has 4 amide bonds. The number of carbonyl (C=O) groups is 3. The van der Waals surface area contributed by atoms with E-state index in [1.165, 1.54) is 24.3 Å². The van der Waals surface area contributed by atoms with Crippen molar-refractivity contribution in [3.63, 3.8) is 0 Å². The SMILES string of the molecule is CCS(=O)(=O)c1ccc(NC(=O)CN2C(=O)N[C@](C)(c3ccc4ccccc4c3)C2=O)cc1. The zero-order valence-corrected chi connectivity index (χ0v) is 19.0. The maximum Gasteiger partial charge on any atom is 0.325 e. The van der Waals surface area contributed by atoms with Crippen LogP contribution in [-0.4, -0.2) is 43.5 Å². The van der Waals surface area contributed by atoms with Gasteiger partial charge in [-0.15, -0.1) is 0 Å². The Kier molecular flexibility index (Phi) is 5.67. The smallest absolute Gasteiger partial charge is 0.325 e. The number of sulfone groups is 1. The molecule has 1 aliphatic heterocycles. The van der Waals surface area contributed by atoms with E-state index < -0.39 is 39.8 Å². The Labute approximate surface area is 191 Å². The fourth-order valence-corrected chi connectivity index (χ4v) is 4.68. The van der Waals surface area contributed by atoms with Crippen LogP contribution in [0.15, 0.2) is 71.6 Å². The molecule has 0 aromatic heterocycles. The molecule has 0 radical (unpaired) electrons. The van der Waals surface area contributed by atoms with Gasteiger partial charge in [0.05, 0.1) is 10.6 Å². The molecule has 0 unspecified atom stereocenters. The Bertz CT molecular complexity index is 1370. The van der Waals surface area contributed by atoms with Gasteiger partial charge in [0.25, 0.3) is 5.91 Å². The minimum absolute atomic E-state index is 0.0269. The number of hydrogen-bond donors (Lipinski definition) is 2. The van der Waals surface area contributed by atoms with Crippen molar-refractivity contribution in [2.24, 2.45) is 0 Å². The van der Waals surface area contributed by atoms with Gasteiger partial charge < -0.3 is 10.6 Å². The molecule has 33 heavy (non-hydrogen) atoms. The van der Waals surface area contributed by atoms with Crippen LogP contribution in [0.4, 0.5) is 10.5 Å². The number of amides is 4. The van der Waals surface area contributed by atoms with Crippen molar-refractivity contribution in [3.8, 4) is 0 Å². The summed E-state index contributed by atoms with van der Waals surface area (Å²) in [7, 11) is -3.35. The molecule has 1 heterocycles. The molecule has 1 aliphatic rings. The van der Waals surface area contributed by atoms with E-state index in [9.17, 15) is 22.8 Å². The van der Waals surface area contributed by atoms with Crippen LogP contribution in [0.3, 0.4) is 0 Å². The Morgan fingerprint density at radius 1 is 1.00 bits per heavy atom. The highest BCUT2D eigenvalue weighted by Crippen LogP contribution is 2.31. The first-order valence-corrected chi connectivity index (χ1v) is 12.1. The summed E-state index contributed by atoms with van der Waals surface area (Å²) in [5, 5.41) is 7.24. The Balaban J connectivity index is 1.49. The fraction of sp³-hybridized carbons (Fsp3) is 0.208. The van der Waals surface area contributed by atoms with E-state index in [1.807, 2.05) is 36.4 Å². The largest absolute Gasteiger partial charge is 0.325 e. The Morgan fingerprint density at radius 2 is 1.67 bits per heavy atom. The predicted octanol–water partition coefficient (Wildman–Crippen LogP) is 3.04. The lowest BCUT2D eigenvalue weighted by atomic mass is 9.90. The summed E-state index contributed by atoms with van der Waals surface area (Å²) in [5.74, 6) is -1.13.